The fourth-order valence-corrected chi connectivity index (χ4v) is 2.75. The smallest absolute Gasteiger partial charge is 0.0891 e. The number of ether oxygens (including phenoxy) is 1. The van der Waals surface area contributed by atoms with E-state index >= 15 is 0 Å². The molecule has 1 fully saturated rings. The minimum absolute atomic E-state index is 0.138. The highest BCUT2D eigenvalue weighted by atomic mass is 16.5. The first-order valence-corrected chi connectivity index (χ1v) is 8.23. The summed E-state index contributed by atoms with van der Waals surface area (Å²) in [7, 11) is 0. The molecule has 2 rings (SSSR count). The summed E-state index contributed by atoms with van der Waals surface area (Å²) in [6.45, 7) is 10.3. The van der Waals surface area contributed by atoms with Crippen LogP contribution in [0, 0.1) is 5.92 Å². The predicted molar refractivity (Wildman–Crippen MR) is 87.0 cm³/mol. The number of hydrogen-bond donors (Lipinski definition) is 1. The van der Waals surface area contributed by atoms with Crippen LogP contribution in [0.4, 0.5) is 0 Å². The summed E-state index contributed by atoms with van der Waals surface area (Å²) in [6.07, 6.45) is 7.45. The van der Waals surface area contributed by atoms with Crippen molar-refractivity contribution in [1.29, 1.82) is 0 Å². The van der Waals surface area contributed by atoms with Crippen molar-refractivity contribution in [3.63, 3.8) is 0 Å². The van der Waals surface area contributed by atoms with E-state index in [1.165, 1.54) is 31.2 Å². The highest BCUT2D eigenvalue weighted by Crippen LogP contribution is 2.26. The Bertz CT molecular complexity index is 422. The minimum Gasteiger partial charge on any atom is -0.372 e. The molecular formula is C18H30N2O. The average Bonchev–Trinajstić information content (AvgIpc) is 2.43. The Hall–Kier alpha value is -0.930. The zero-order chi connectivity index (χ0) is 15.3. The lowest BCUT2D eigenvalue weighted by Gasteiger charge is -2.26. The molecular weight excluding hydrogens is 260 g/mol. The van der Waals surface area contributed by atoms with Crippen LogP contribution in [0.5, 0.6) is 0 Å². The maximum atomic E-state index is 6.02. The largest absolute Gasteiger partial charge is 0.372 e. The first kappa shape index (κ1) is 16.4. The van der Waals surface area contributed by atoms with Gasteiger partial charge in [0, 0.05) is 18.3 Å². The third-order valence-corrected chi connectivity index (χ3v) is 4.06. The molecule has 0 amide bonds. The van der Waals surface area contributed by atoms with Gasteiger partial charge in [0.1, 0.15) is 0 Å². The van der Waals surface area contributed by atoms with E-state index in [-0.39, 0.29) is 5.54 Å². The van der Waals surface area contributed by atoms with Crippen molar-refractivity contribution in [2.45, 2.75) is 78.2 Å². The summed E-state index contributed by atoms with van der Waals surface area (Å²) in [5.74, 6) is 0.808. The van der Waals surface area contributed by atoms with Crippen LogP contribution in [0.2, 0.25) is 0 Å². The van der Waals surface area contributed by atoms with E-state index in [1.807, 2.05) is 6.20 Å². The molecule has 0 aliphatic heterocycles. The first-order valence-electron chi connectivity index (χ1n) is 8.23. The molecule has 1 N–H and O–H groups in total. The van der Waals surface area contributed by atoms with Gasteiger partial charge in [-0.15, -0.1) is 0 Å². The second kappa shape index (κ2) is 7.37. The van der Waals surface area contributed by atoms with Gasteiger partial charge in [0.05, 0.1) is 18.4 Å². The van der Waals surface area contributed by atoms with Crippen LogP contribution >= 0.6 is 0 Å². The molecule has 2 atom stereocenters. The van der Waals surface area contributed by atoms with Gasteiger partial charge < -0.3 is 10.1 Å². The van der Waals surface area contributed by atoms with Gasteiger partial charge in [0.15, 0.2) is 0 Å². The van der Waals surface area contributed by atoms with Crippen LogP contribution in [-0.4, -0.2) is 16.6 Å². The van der Waals surface area contributed by atoms with Gasteiger partial charge in [0.25, 0.3) is 0 Å². The molecule has 1 saturated carbocycles. The number of pyridine rings is 1. The molecule has 1 aliphatic carbocycles. The van der Waals surface area contributed by atoms with Crippen molar-refractivity contribution in [1.82, 2.24) is 10.3 Å². The standard InChI is InChI=1S/C18H30N2O/c1-14-6-5-7-17(10-14)21-13-16-9-8-15(11-19-16)12-20-18(2,3)4/h8-9,11,14,17,20H,5-7,10,12-13H2,1-4H3. The third-order valence-electron chi connectivity index (χ3n) is 4.06. The van der Waals surface area contributed by atoms with Crippen LogP contribution in [0.1, 0.15) is 64.6 Å². The van der Waals surface area contributed by atoms with E-state index < -0.39 is 0 Å². The number of nitrogens with one attached hydrogen (secondary N) is 1. The summed E-state index contributed by atoms with van der Waals surface area (Å²) in [5.41, 5.74) is 2.40. The van der Waals surface area contributed by atoms with Crippen molar-refractivity contribution in [3.8, 4) is 0 Å². The van der Waals surface area contributed by atoms with Gasteiger partial charge in [-0.3, -0.25) is 4.98 Å². The summed E-state index contributed by atoms with van der Waals surface area (Å²) >= 11 is 0. The molecule has 2 unspecified atom stereocenters. The van der Waals surface area contributed by atoms with Crippen LogP contribution < -0.4 is 5.32 Å². The molecule has 118 valence electrons. The highest BCUT2D eigenvalue weighted by Gasteiger charge is 2.19. The first-order chi connectivity index (χ1) is 9.92. The van der Waals surface area contributed by atoms with Gasteiger partial charge >= 0.3 is 0 Å². The lowest BCUT2D eigenvalue weighted by molar-refractivity contribution is 0.00320. The zero-order valence-electron chi connectivity index (χ0n) is 14.0. The molecule has 0 saturated heterocycles. The second-order valence-electron chi connectivity index (χ2n) is 7.47. The zero-order valence-corrected chi connectivity index (χ0v) is 14.0. The van der Waals surface area contributed by atoms with Crippen LogP contribution in [0.25, 0.3) is 0 Å². The topological polar surface area (TPSA) is 34.1 Å². The molecule has 3 nitrogen and oxygen atoms in total. The summed E-state index contributed by atoms with van der Waals surface area (Å²) in [6, 6.07) is 4.24. The average molecular weight is 290 g/mol. The van der Waals surface area contributed by atoms with Crippen molar-refractivity contribution in [2.24, 2.45) is 5.92 Å². The summed E-state index contributed by atoms with van der Waals surface area (Å²) in [4.78, 5) is 4.52. The SMILES string of the molecule is CC1CCCC(OCc2ccc(CNC(C)(C)C)cn2)C1. The molecule has 21 heavy (non-hydrogen) atoms. The van der Waals surface area contributed by atoms with E-state index in [4.69, 9.17) is 4.74 Å². The Labute approximate surface area is 129 Å². The minimum atomic E-state index is 0.138. The predicted octanol–water partition coefficient (Wildman–Crippen LogP) is 4.07. The fraction of sp³-hybridized carbons (Fsp3) is 0.722. The van der Waals surface area contributed by atoms with E-state index in [0.717, 1.165) is 18.2 Å². The van der Waals surface area contributed by atoms with E-state index in [9.17, 15) is 0 Å². The molecule has 0 bridgehead atoms. The molecule has 1 aliphatic rings. The molecule has 1 aromatic rings. The number of rotatable bonds is 5. The molecule has 0 spiro atoms. The van der Waals surface area contributed by atoms with E-state index in [2.05, 4.69) is 50.1 Å². The van der Waals surface area contributed by atoms with Gasteiger partial charge in [-0.25, -0.2) is 0 Å². The van der Waals surface area contributed by atoms with Crippen LogP contribution in [0.3, 0.4) is 0 Å². The van der Waals surface area contributed by atoms with Gasteiger partial charge in [0.2, 0.25) is 0 Å². The normalized spacial score (nSPS) is 23.2. The van der Waals surface area contributed by atoms with Crippen molar-refractivity contribution in [2.75, 3.05) is 0 Å². The van der Waals surface area contributed by atoms with E-state index in [0.29, 0.717) is 12.7 Å². The maximum absolute atomic E-state index is 6.02. The van der Waals surface area contributed by atoms with Gasteiger partial charge in [-0.2, -0.15) is 0 Å². The Morgan fingerprint density at radius 3 is 2.71 bits per heavy atom. The lowest BCUT2D eigenvalue weighted by Crippen LogP contribution is -2.35. The number of hydrogen-bond acceptors (Lipinski definition) is 3. The van der Waals surface area contributed by atoms with Crippen molar-refractivity contribution < 1.29 is 4.74 Å². The summed E-state index contributed by atoms with van der Waals surface area (Å²) in [5, 5.41) is 3.47. The van der Waals surface area contributed by atoms with Crippen LogP contribution in [0.15, 0.2) is 18.3 Å². The van der Waals surface area contributed by atoms with E-state index in [1.54, 1.807) is 0 Å². The second-order valence-corrected chi connectivity index (χ2v) is 7.47. The quantitative estimate of drug-likeness (QED) is 0.887. The third kappa shape index (κ3) is 6.15. The Morgan fingerprint density at radius 2 is 2.10 bits per heavy atom. The van der Waals surface area contributed by atoms with Gasteiger partial charge in [-0.1, -0.05) is 25.8 Å². The maximum Gasteiger partial charge on any atom is 0.0891 e. The summed E-state index contributed by atoms with van der Waals surface area (Å²) < 4.78 is 6.02. The number of nitrogens with zero attached hydrogens (tertiary/aromatic N) is 1. The molecule has 1 aromatic heterocycles. The molecule has 3 heteroatoms. The van der Waals surface area contributed by atoms with Gasteiger partial charge in [-0.05, 0) is 51.2 Å². The molecule has 1 heterocycles. The monoisotopic (exact) mass is 290 g/mol. The van der Waals surface area contributed by atoms with Crippen LogP contribution in [-0.2, 0) is 17.9 Å². The van der Waals surface area contributed by atoms with Crippen molar-refractivity contribution in [3.05, 3.63) is 29.6 Å². The Morgan fingerprint density at radius 1 is 1.29 bits per heavy atom. The Balaban J connectivity index is 1.77. The lowest BCUT2D eigenvalue weighted by atomic mass is 9.89. The molecule has 0 radical (unpaired) electrons. The molecule has 0 aromatic carbocycles. The van der Waals surface area contributed by atoms with Crippen molar-refractivity contribution >= 4 is 0 Å². The Kier molecular flexibility index (Phi) is 5.77. The highest BCUT2D eigenvalue weighted by molar-refractivity contribution is 5.13. The fourth-order valence-electron chi connectivity index (χ4n) is 2.75. The number of aromatic nitrogens is 1.